The van der Waals surface area contributed by atoms with Crippen molar-refractivity contribution in [2.24, 2.45) is 0 Å². The second-order valence-corrected chi connectivity index (χ2v) is 3.69. The number of benzene rings is 1. The van der Waals surface area contributed by atoms with Crippen LogP contribution in [-0.2, 0) is 0 Å². The average molecular weight is 216 g/mol. The van der Waals surface area contributed by atoms with E-state index in [1.165, 1.54) is 7.11 Å². The molecular formula is C12H12N2O2. The fourth-order valence-electron chi connectivity index (χ4n) is 1.68. The van der Waals surface area contributed by atoms with Gasteiger partial charge in [0.05, 0.1) is 12.7 Å². The molecule has 0 aliphatic carbocycles. The standard InChI is InChI=1S/C12H12N2O2/c1-7-3-8-4-9(6-13)11(16-2)5-10(8)14-12(7)15/h3-5,12,14-15H,1-2H3. The van der Waals surface area contributed by atoms with Crippen LogP contribution in [-0.4, -0.2) is 18.4 Å². The summed E-state index contributed by atoms with van der Waals surface area (Å²) in [7, 11) is 1.52. The predicted octanol–water partition coefficient (Wildman–Crippen LogP) is 1.71. The first-order valence-electron chi connectivity index (χ1n) is 4.90. The third-order valence-corrected chi connectivity index (χ3v) is 2.60. The van der Waals surface area contributed by atoms with E-state index in [2.05, 4.69) is 11.4 Å². The van der Waals surface area contributed by atoms with Crippen LogP contribution in [0.3, 0.4) is 0 Å². The van der Waals surface area contributed by atoms with Crippen molar-refractivity contribution in [1.82, 2.24) is 0 Å². The molecule has 0 spiro atoms. The summed E-state index contributed by atoms with van der Waals surface area (Å²) in [6.07, 6.45) is 1.18. The molecule has 1 heterocycles. The Bertz CT molecular complexity index is 500. The van der Waals surface area contributed by atoms with Gasteiger partial charge in [-0.1, -0.05) is 0 Å². The van der Waals surface area contributed by atoms with E-state index in [0.29, 0.717) is 11.3 Å². The highest BCUT2D eigenvalue weighted by Crippen LogP contribution is 2.32. The molecule has 0 bridgehead atoms. The van der Waals surface area contributed by atoms with Gasteiger partial charge in [-0.25, -0.2) is 0 Å². The van der Waals surface area contributed by atoms with Crippen molar-refractivity contribution in [3.8, 4) is 11.8 Å². The van der Waals surface area contributed by atoms with Crippen molar-refractivity contribution in [2.45, 2.75) is 13.2 Å². The number of aliphatic hydroxyl groups excluding tert-OH is 1. The zero-order chi connectivity index (χ0) is 11.7. The molecule has 82 valence electrons. The number of nitriles is 1. The van der Waals surface area contributed by atoms with Gasteiger partial charge < -0.3 is 15.2 Å². The maximum Gasteiger partial charge on any atom is 0.146 e. The van der Waals surface area contributed by atoms with E-state index >= 15 is 0 Å². The second-order valence-electron chi connectivity index (χ2n) is 3.69. The molecule has 0 saturated carbocycles. The number of aliphatic hydroxyl groups is 1. The molecule has 2 rings (SSSR count). The van der Waals surface area contributed by atoms with Gasteiger partial charge >= 0.3 is 0 Å². The Kier molecular flexibility index (Phi) is 2.55. The van der Waals surface area contributed by atoms with E-state index in [1.54, 1.807) is 12.1 Å². The number of rotatable bonds is 1. The highest BCUT2D eigenvalue weighted by molar-refractivity contribution is 5.76. The first-order chi connectivity index (χ1) is 7.65. The van der Waals surface area contributed by atoms with Crippen LogP contribution >= 0.6 is 0 Å². The Morgan fingerprint density at radius 2 is 2.25 bits per heavy atom. The maximum absolute atomic E-state index is 9.63. The smallest absolute Gasteiger partial charge is 0.146 e. The van der Waals surface area contributed by atoms with Crippen molar-refractivity contribution in [1.29, 1.82) is 5.26 Å². The molecule has 1 unspecified atom stereocenters. The summed E-state index contributed by atoms with van der Waals surface area (Å²) >= 11 is 0. The van der Waals surface area contributed by atoms with E-state index in [1.807, 2.05) is 13.0 Å². The molecular weight excluding hydrogens is 204 g/mol. The third-order valence-electron chi connectivity index (χ3n) is 2.60. The number of hydrogen-bond donors (Lipinski definition) is 2. The number of hydrogen-bond acceptors (Lipinski definition) is 4. The minimum atomic E-state index is -0.676. The number of nitrogens with one attached hydrogen (secondary N) is 1. The van der Waals surface area contributed by atoms with Crippen molar-refractivity contribution in [3.63, 3.8) is 0 Å². The number of methoxy groups -OCH3 is 1. The summed E-state index contributed by atoms with van der Waals surface area (Å²) in [4.78, 5) is 0. The molecule has 4 nitrogen and oxygen atoms in total. The molecule has 2 N–H and O–H groups in total. The van der Waals surface area contributed by atoms with Crippen LogP contribution < -0.4 is 10.1 Å². The second kappa shape index (κ2) is 3.87. The lowest BCUT2D eigenvalue weighted by Gasteiger charge is -2.23. The lowest BCUT2D eigenvalue weighted by molar-refractivity contribution is 0.240. The topological polar surface area (TPSA) is 65.3 Å². The summed E-state index contributed by atoms with van der Waals surface area (Å²) in [5.41, 5.74) is 2.97. The fourth-order valence-corrected chi connectivity index (χ4v) is 1.68. The SMILES string of the molecule is COc1cc2c(cc1C#N)C=C(C)C(O)N2. The zero-order valence-corrected chi connectivity index (χ0v) is 9.11. The summed E-state index contributed by atoms with van der Waals surface area (Å²) in [6, 6.07) is 5.55. The predicted molar refractivity (Wildman–Crippen MR) is 61.0 cm³/mol. The van der Waals surface area contributed by atoms with Gasteiger partial charge in [-0.3, -0.25) is 0 Å². The first-order valence-corrected chi connectivity index (χ1v) is 4.90. The monoisotopic (exact) mass is 216 g/mol. The number of ether oxygens (including phenoxy) is 1. The molecule has 1 aromatic carbocycles. The molecule has 0 amide bonds. The van der Waals surface area contributed by atoms with Gasteiger partial charge in [-0.2, -0.15) is 5.26 Å². The molecule has 1 aromatic rings. The van der Waals surface area contributed by atoms with E-state index in [-0.39, 0.29) is 0 Å². The van der Waals surface area contributed by atoms with Crippen LogP contribution in [0.1, 0.15) is 18.1 Å². The van der Waals surface area contributed by atoms with Gasteiger partial charge in [0.15, 0.2) is 0 Å². The molecule has 4 heteroatoms. The van der Waals surface area contributed by atoms with E-state index in [4.69, 9.17) is 10.00 Å². The van der Waals surface area contributed by atoms with Crippen molar-refractivity contribution < 1.29 is 9.84 Å². The zero-order valence-electron chi connectivity index (χ0n) is 9.11. The minimum absolute atomic E-state index is 0.489. The quantitative estimate of drug-likeness (QED) is 0.750. The van der Waals surface area contributed by atoms with Crippen molar-refractivity contribution >= 4 is 11.8 Å². The lowest BCUT2D eigenvalue weighted by Crippen LogP contribution is -2.23. The summed E-state index contributed by atoms with van der Waals surface area (Å²) in [6.45, 7) is 1.83. The molecule has 1 aliphatic heterocycles. The minimum Gasteiger partial charge on any atom is -0.495 e. The Hall–Kier alpha value is -1.99. The molecule has 16 heavy (non-hydrogen) atoms. The molecule has 1 aliphatic rings. The van der Waals surface area contributed by atoms with Crippen LogP contribution in [0.15, 0.2) is 17.7 Å². The summed E-state index contributed by atoms with van der Waals surface area (Å²) in [5.74, 6) is 0.508. The van der Waals surface area contributed by atoms with Crippen LogP contribution in [0.25, 0.3) is 6.08 Å². The summed E-state index contributed by atoms with van der Waals surface area (Å²) < 4.78 is 5.10. The normalized spacial score (nSPS) is 17.9. The summed E-state index contributed by atoms with van der Waals surface area (Å²) in [5, 5.41) is 21.5. The van der Waals surface area contributed by atoms with Gasteiger partial charge in [-0.15, -0.1) is 0 Å². The van der Waals surface area contributed by atoms with Gasteiger partial charge in [0.2, 0.25) is 0 Å². The molecule has 0 saturated heterocycles. The van der Waals surface area contributed by atoms with Crippen LogP contribution in [0.4, 0.5) is 5.69 Å². The van der Waals surface area contributed by atoms with Crippen molar-refractivity contribution in [3.05, 3.63) is 28.8 Å². The Morgan fingerprint density at radius 1 is 1.50 bits per heavy atom. The highest BCUT2D eigenvalue weighted by atomic mass is 16.5. The Balaban J connectivity index is 2.57. The van der Waals surface area contributed by atoms with Crippen molar-refractivity contribution in [2.75, 3.05) is 12.4 Å². The lowest BCUT2D eigenvalue weighted by atomic mass is 10.0. The van der Waals surface area contributed by atoms with Gasteiger partial charge in [-0.05, 0) is 30.2 Å². The molecule has 1 atom stereocenters. The number of fused-ring (bicyclic) bond motifs is 1. The van der Waals surface area contributed by atoms with Gasteiger partial charge in [0.1, 0.15) is 18.0 Å². The first kappa shape index (κ1) is 10.5. The molecule has 0 radical (unpaired) electrons. The van der Waals surface area contributed by atoms with Crippen LogP contribution in [0.5, 0.6) is 5.75 Å². The van der Waals surface area contributed by atoms with E-state index in [0.717, 1.165) is 16.8 Å². The average Bonchev–Trinajstić information content (AvgIpc) is 2.29. The van der Waals surface area contributed by atoms with Gasteiger partial charge in [0.25, 0.3) is 0 Å². The van der Waals surface area contributed by atoms with Crippen LogP contribution in [0, 0.1) is 11.3 Å². The van der Waals surface area contributed by atoms with Gasteiger partial charge in [0, 0.05) is 11.8 Å². The number of anilines is 1. The van der Waals surface area contributed by atoms with Crippen LogP contribution in [0.2, 0.25) is 0 Å². The molecule has 0 aromatic heterocycles. The Labute approximate surface area is 93.8 Å². The largest absolute Gasteiger partial charge is 0.495 e. The van der Waals surface area contributed by atoms with E-state index < -0.39 is 6.23 Å². The maximum atomic E-state index is 9.63. The third kappa shape index (κ3) is 1.62. The fraction of sp³-hybridized carbons (Fsp3) is 0.250. The highest BCUT2D eigenvalue weighted by Gasteiger charge is 2.17. The number of nitrogens with zero attached hydrogens (tertiary/aromatic N) is 1. The Morgan fingerprint density at radius 3 is 2.88 bits per heavy atom. The van der Waals surface area contributed by atoms with E-state index in [9.17, 15) is 5.11 Å². The molecule has 0 fully saturated rings.